The van der Waals surface area contributed by atoms with Gasteiger partial charge in [0.05, 0.1) is 58.4 Å². The van der Waals surface area contributed by atoms with Crippen molar-refractivity contribution in [3.05, 3.63) is 12.2 Å². The fourth-order valence-corrected chi connectivity index (χ4v) is 14.7. The molecule has 6 fully saturated rings. The van der Waals surface area contributed by atoms with Gasteiger partial charge in [-0.05, 0) is 19.3 Å². The van der Waals surface area contributed by atoms with Gasteiger partial charge in [-0.15, -0.1) is 0 Å². The summed E-state index contributed by atoms with van der Waals surface area (Å²) in [5, 5.41) is 208. The van der Waals surface area contributed by atoms with E-state index < -0.39 is 254 Å². The zero-order valence-electron chi connectivity index (χ0n) is 64.1. The number of rotatable bonds is 50. The predicted octanol–water partition coefficient (Wildman–Crippen LogP) is -3.20. The average molecular weight is 1590 g/mol. The number of aliphatic hydroxyl groups is 18. The number of nitrogens with one attached hydrogen (secondary N) is 3. The van der Waals surface area contributed by atoms with Crippen molar-refractivity contribution in [1.29, 1.82) is 0 Å². The Morgan fingerprint density at radius 3 is 1.11 bits per heavy atom. The predicted molar refractivity (Wildman–Crippen MR) is 385 cm³/mol. The van der Waals surface area contributed by atoms with Crippen LogP contribution in [-0.2, 0) is 71.2 Å². The SMILES string of the molecule is CCCCCCCCCCCCC/C=C/[C@@H](O)[C@H](CO[C@@H]1OC(CO)[C@@H](O[C@@H]2OC(CO)[C@H](O[C@@H]3OC(CO)[C@H](O)[C@H](O[C@@H]4OC(CO)[C@H](O)[C@H](O[C@@H]5OC(CO)[C@H](O)[C@H](O[C@H]6OC(CO)[C@H](O)[C@H](O)C6NC(C)=O)C5O)C4NC(C)=O)C3O)[C@H](O)C2O)[C@H](O)C1O)NC(=O)CCCCCCCCCCCCCCC. The van der Waals surface area contributed by atoms with E-state index in [-0.39, 0.29) is 12.3 Å². The number of allylic oxidation sites excluding steroid dienone is 1. The summed E-state index contributed by atoms with van der Waals surface area (Å²) in [6.45, 7) is 0.0416. The molecule has 110 heavy (non-hydrogen) atoms. The molecular weight excluding hydrogens is 1460 g/mol. The van der Waals surface area contributed by atoms with E-state index >= 15 is 0 Å². The molecule has 0 aliphatic carbocycles. The summed E-state index contributed by atoms with van der Waals surface area (Å²) in [7, 11) is 0. The highest BCUT2D eigenvalue weighted by Crippen LogP contribution is 2.38. The number of unbranched alkanes of at least 4 members (excludes halogenated alkanes) is 23. The molecular formula is C74H133N3O33. The molecule has 6 aliphatic rings. The molecule has 32 atom stereocenters. The van der Waals surface area contributed by atoms with Gasteiger partial charge in [0.1, 0.15) is 146 Å². The van der Waals surface area contributed by atoms with Gasteiger partial charge in [0.25, 0.3) is 0 Å². The third kappa shape index (κ3) is 28.4. The van der Waals surface area contributed by atoms with Crippen LogP contribution in [0.1, 0.15) is 195 Å². The summed E-state index contributed by atoms with van der Waals surface area (Å²) in [6.07, 6.45) is -23.7. The molecule has 0 bridgehead atoms. The molecule has 0 aromatic heterocycles. The second-order valence-electron chi connectivity index (χ2n) is 29.9. The van der Waals surface area contributed by atoms with Gasteiger partial charge >= 0.3 is 0 Å². The molecule has 0 spiro atoms. The summed E-state index contributed by atoms with van der Waals surface area (Å²) in [6, 6.07) is -4.51. The molecule has 6 heterocycles. The van der Waals surface area contributed by atoms with E-state index in [1.54, 1.807) is 6.08 Å². The maximum absolute atomic E-state index is 13.5. The Bertz CT molecular complexity index is 2560. The molecule has 0 saturated carbocycles. The molecule has 0 radical (unpaired) electrons. The van der Waals surface area contributed by atoms with Crippen LogP contribution in [0.5, 0.6) is 0 Å². The van der Waals surface area contributed by atoms with Crippen molar-refractivity contribution < 1.29 is 163 Å². The van der Waals surface area contributed by atoms with E-state index in [2.05, 4.69) is 29.8 Å². The number of amides is 3. The normalized spacial score (nSPS) is 37.7. The summed E-state index contributed by atoms with van der Waals surface area (Å²) < 4.78 is 70.7. The monoisotopic (exact) mass is 1590 g/mol. The van der Waals surface area contributed by atoms with Crippen molar-refractivity contribution in [2.75, 3.05) is 46.2 Å². The lowest BCUT2D eigenvalue weighted by atomic mass is 9.94. The van der Waals surface area contributed by atoms with Crippen LogP contribution >= 0.6 is 0 Å². The van der Waals surface area contributed by atoms with Gasteiger partial charge in [-0.1, -0.05) is 167 Å². The fraction of sp³-hybridized carbons (Fsp3) is 0.932. The van der Waals surface area contributed by atoms with E-state index in [1.165, 1.54) is 96.3 Å². The molecule has 642 valence electrons. The Balaban J connectivity index is 1.09. The van der Waals surface area contributed by atoms with Crippen LogP contribution in [-0.4, -0.2) is 352 Å². The molecule has 0 aromatic rings. The van der Waals surface area contributed by atoms with Gasteiger partial charge in [0.2, 0.25) is 17.7 Å². The van der Waals surface area contributed by atoms with E-state index in [0.717, 1.165) is 65.2 Å². The molecule has 3 amide bonds. The fourth-order valence-electron chi connectivity index (χ4n) is 14.7. The van der Waals surface area contributed by atoms with Crippen molar-refractivity contribution in [1.82, 2.24) is 16.0 Å². The zero-order chi connectivity index (χ0) is 80.6. The molecule has 6 saturated heterocycles. The topological polar surface area (TPSA) is 562 Å². The van der Waals surface area contributed by atoms with Crippen LogP contribution in [0.15, 0.2) is 12.2 Å². The lowest BCUT2D eigenvalue weighted by molar-refractivity contribution is -0.390. The first-order valence-electron chi connectivity index (χ1n) is 40.0. The number of hydrogen-bond acceptors (Lipinski definition) is 33. The smallest absolute Gasteiger partial charge is 0.220 e. The Morgan fingerprint density at radius 1 is 0.355 bits per heavy atom. The van der Waals surface area contributed by atoms with Crippen molar-refractivity contribution in [2.24, 2.45) is 0 Å². The number of carbonyl (C=O) groups excluding carboxylic acids is 3. The first-order chi connectivity index (χ1) is 52.8. The number of carbonyl (C=O) groups is 3. The van der Waals surface area contributed by atoms with Crippen LogP contribution < -0.4 is 16.0 Å². The first kappa shape index (κ1) is 95.8. The summed E-state index contributed by atoms with van der Waals surface area (Å²) in [4.78, 5) is 38.7. The average Bonchev–Trinajstić information content (AvgIpc) is 0.784. The maximum atomic E-state index is 13.5. The van der Waals surface area contributed by atoms with E-state index in [1.807, 2.05) is 6.08 Å². The van der Waals surface area contributed by atoms with Crippen LogP contribution in [0.2, 0.25) is 0 Å². The van der Waals surface area contributed by atoms with Crippen LogP contribution in [0.4, 0.5) is 0 Å². The highest BCUT2D eigenvalue weighted by molar-refractivity contribution is 5.76. The number of aliphatic hydroxyl groups excluding tert-OH is 18. The third-order valence-corrected chi connectivity index (χ3v) is 21.2. The van der Waals surface area contributed by atoms with Gasteiger partial charge in [-0.2, -0.15) is 0 Å². The second kappa shape index (κ2) is 50.5. The first-order valence-corrected chi connectivity index (χ1v) is 40.0. The molecule has 36 heteroatoms. The minimum atomic E-state index is -2.27. The Morgan fingerprint density at radius 2 is 0.682 bits per heavy atom. The molecule has 12 unspecified atom stereocenters. The lowest BCUT2D eigenvalue weighted by Gasteiger charge is -2.51. The number of hydrogen-bond donors (Lipinski definition) is 21. The van der Waals surface area contributed by atoms with Crippen LogP contribution in [0.25, 0.3) is 0 Å². The lowest BCUT2D eigenvalue weighted by Crippen LogP contribution is -2.71. The van der Waals surface area contributed by atoms with Crippen molar-refractivity contribution in [2.45, 2.75) is 391 Å². The largest absolute Gasteiger partial charge is 0.394 e. The number of ether oxygens (including phenoxy) is 12. The standard InChI is InChI=1S/C74H133N3O33/c1-5-7-9-11-13-15-17-19-21-23-25-27-29-31-43(86)42(77-50(87)32-30-28-26-24-22-20-18-16-14-12-10-8-6-2)39-99-71-60(95)58(93)64(48(37-82)104-71)106-72-61(96)59(94)65(49(38-83)105-72)107-73-62(97)68(56(91)46(35-80)102-73)110-70-52(76-41(4)85)66(54(89)45(34-79)101-70)108-74-63(98)67(55(90)47(36-81)103-74)109-69-51(75-40(3)84)57(92)53(88)44(33-78)100-69/h29,31,42-49,51-74,78-83,86,88-98H,5-28,30,32-39H2,1-4H3,(H,75,84)(H,76,85)(H,77,87)/b31-29+/t42-,43+,44?,45?,46?,47?,48?,49?,51?,52?,53-,54-,55-,56-,57+,58+,59+,60?,61?,62?,63?,64+,65-,66+,67-,68-,69+,70-,71+,72-,73-,74-/m0/s1. The zero-order valence-corrected chi connectivity index (χ0v) is 64.1. The Kier molecular flexibility index (Phi) is 44.0. The minimum absolute atomic E-state index is 0.180. The van der Waals surface area contributed by atoms with Crippen LogP contribution in [0, 0.1) is 0 Å². The maximum Gasteiger partial charge on any atom is 0.220 e. The van der Waals surface area contributed by atoms with E-state index in [0.29, 0.717) is 12.8 Å². The van der Waals surface area contributed by atoms with Gasteiger partial charge in [-0.25, -0.2) is 0 Å². The molecule has 36 nitrogen and oxygen atoms in total. The third-order valence-electron chi connectivity index (χ3n) is 21.2. The Hall–Kier alpha value is -3.05. The Labute approximate surface area is 643 Å². The van der Waals surface area contributed by atoms with Crippen molar-refractivity contribution in [3.8, 4) is 0 Å². The minimum Gasteiger partial charge on any atom is -0.394 e. The van der Waals surface area contributed by atoms with Gasteiger partial charge in [-0.3, -0.25) is 14.4 Å². The highest BCUT2D eigenvalue weighted by Gasteiger charge is 2.59. The van der Waals surface area contributed by atoms with E-state index in [9.17, 15) is 106 Å². The van der Waals surface area contributed by atoms with Crippen LogP contribution in [0.3, 0.4) is 0 Å². The highest BCUT2D eigenvalue weighted by atomic mass is 16.8. The molecule has 6 aliphatic heterocycles. The van der Waals surface area contributed by atoms with Crippen molar-refractivity contribution >= 4 is 17.7 Å². The quantitative estimate of drug-likeness (QED) is 0.0211. The van der Waals surface area contributed by atoms with Gasteiger partial charge in [0.15, 0.2) is 37.7 Å². The van der Waals surface area contributed by atoms with E-state index in [4.69, 9.17) is 56.8 Å². The molecule has 0 aromatic carbocycles. The van der Waals surface area contributed by atoms with Gasteiger partial charge in [0, 0.05) is 20.3 Å². The second-order valence-corrected chi connectivity index (χ2v) is 29.9. The van der Waals surface area contributed by atoms with Gasteiger partial charge < -0.3 is 165 Å². The summed E-state index contributed by atoms with van der Waals surface area (Å²) in [5.41, 5.74) is 0. The summed E-state index contributed by atoms with van der Waals surface area (Å²) >= 11 is 0. The summed E-state index contributed by atoms with van der Waals surface area (Å²) in [5.74, 6) is -1.99. The molecule has 6 rings (SSSR count). The molecule has 21 N–H and O–H groups in total. The van der Waals surface area contributed by atoms with Crippen molar-refractivity contribution in [3.63, 3.8) is 0 Å².